The third-order valence-corrected chi connectivity index (χ3v) is 2.38. The summed E-state index contributed by atoms with van der Waals surface area (Å²) in [6, 6.07) is 4.75. The number of aromatic hydroxyl groups is 1. The van der Waals surface area contributed by atoms with Gasteiger partial charge in [0, 0.05) is 17.0 Å². The predicted molar refractivity (Wildman–Crippen MR) is 58.6 cm³/mol. The molecule has 0 saturated heterocycles. The van der Waals surface area contributed by atoms with E-state index in [0.717, 1.165) is 10.9 Å². The van der Waals surface area contributed by atoms with Gasteiger partial charge in [-0.05, 0) is 26.0 Å². The Kier molecular flexibility index (Phi) is 2.56. The van der Waals surface area contributed by atoms with E-state index in [1.54, 1.807) is 26.0 Å². The second kappa shape index (κ2) is 3.89. The zero-order valence-electron chi connectivity index (χ0n) is 9.11. The molecule has 16 heavy (non-hydrogen) atoms. The molecule has 0 aliphatic heterocycles. The Bertz CT molecular complexity index is 539. The number of aryl methyl sites for hydroxylation is 1. The third-order valence-electron chi connectivity index (χ3n) is 2.38. The van der Waals surface area contributed by atoms with Gasteiger partial charge in [0.2, 0.25) is 5.76 Å². The van der Waals surface area contributed by atoms with E-state index in [1.807, 2.05) is 0 Å². The van der Waals surface area contributed by atoms with Gasteiger partial charge in [0.15, 0.2) is 0 Å². The van der Waals surface area contributed by atoms with Crippen LogP contribution in [0.25, 0.3) is 11.0 Å². The van der Waals surface area contributed by atoms with Gasteiger partial charge in [-0.2, -0.15) is 0 Å². The molecule has 0 amide bonds. The molecule has 0 aliphatic carbocycles. The lowest BCUT2D eigenvalue weighted by molar-refractivity contribution is 0.0491. The maximum atomic E-state index is 11.5. The van der Waals surface area contributed by atoms with Crippen molar-refractivity contribution in [2.24, 2.45) is 0 Å². The van der Waals surface area contributed by atoms with Crippen molar-refractivity contribution in [3.8, 4) is 5.75 Å². The van der Waals surface area contributed by atoms with Crippen LogP contribution in [0.4, 0.5) is 0 Å². The van der Waals surface area contributed by atoms with Crippen LogP contribution in [-0.2, 0) is 4.74 Å². The molecule has 1 N–H and O–H groups in total. The highest BCUT2D eigenvalue weighted by Gasteiger charge is 2.18. The van der Waals surface area contributed by atoms with Gasteiger partial charge in [0.25, 0.3) is 0 Å². The van der Waals surface area contributed by atoms with Crippen LogP contribution in [0.2, 0.25) is 0 Å². The van der Waals surface area contributed by atoms with E-state index in [2.05, 4.69) is 0 Å². The van der Waals surface area contributed by atoms with E-state index < -0.39 is 5.97 Å². The summed E-state index contributed by atoms with van der Waals surface area (Å²) in [6.07, 6.45) is 0. The van der Waals surface area contributed by atoms with Gasteiger partial charge >= 0.3 is 5.97 Å². The summed E-state index contributed by atoms with van der Waals surface area (Å²) in [5.74, 6) is -0.171. The van der Waals surface area contributed by atoms with Crippen LogP contribution in [0.1, 0.15) is 23.0 Å². The van der Waals surface area contributed by atoms with Crippen LogP contribution < -0.4 is 0 Å². The van der Waals surface area contributed by atoms with Crippen molar-refractivity contribution in [2.45, 2.75) is 13.8 Å². The maximum Gasteiger partial charge on any atom is 0.374 e. The minimum absolute atomic E-state index is 0.108. The number of phenolic OH excluding ortho intramolecular Hbond substituents is 1. The molecule has 1 aromatic heterocycles. The molecular formula is C12H12O4. The summed E-state index contributed by atoms with van der Waals surface area (Å²) >= 11 is 0. The monoisotopic (exact) mass is 220 g/mol. The number of phenols is 1. The molecule has 0 spiro atoms. The molecule has 84 valence electrons. The average molecular weight is 220 g/mol. The molecule has 2 aromatic rings. The Morgan fingerprint density at radius 2 is 2.25 bits per heavy atom. The Hall–Kier alpha value is -1.97. The van der Waals surface area contributed by atoms with Crippen LogP contribution in [0.5, 0.6) is 5.75 Å². The Balaban J connectivity index is 2.55. The normalized spacial score (nSPS) is 10.6. The molecule has 0 saturated carbocycles. The van der Waals surface area contributed by atoms with Gasteiger partial charge in [-0.3, -0.25) is 0 Å². The second-order valence-electron chi connectivity index (χ2n) is 3.46. The first kappa shape index (κ1) is 10.5. The van der Waals surface area contributed by atoms with Gasteiger partial charge in [0.05, 0.1) is 6.61 Å². The van der Waals surface area contributed by atoms with E-state index in [1.165, 1.54) is 6.07 Å². The Morgan fingerprint density at radius 1 is 1.50 bits per heavy atom. The van der Waals surface area contributed by atoms with E-state index in [9.17, 15) is 9.90 Å². The Morgan fingerprint density at radius 3 is 2.94 bits per heavy atom. The Labute approximate surface area is 92.4 Å². The first-order chi connectivity index (χ1) is 7.63. The van der Waals surface area contributed by atoms with Crippen molar-refractivity contribution in [3.63, 3.8) is 0 Å². The van der Waals surface area contributed by atoms with Crippen molar-refractivity contribution in [2.75, 3.05) is 6.61 Å². The minimum atomic E-state index is -0.476. The standard InChI is InChI=1S/C12H12O4/c1-3-15-12(14)11-7(2)9-5-4-8(13)6-10(9)16-11/h4-6,13H,3H2,1-2H3. The molecule has 0 aliphatic rings. The number of fused-ring (bicyclic) bond motifs is 1. The fraction of sp³-hybridized carbons (Fsp3) is 0.250. The van der Waals surface area contributed by atoms with Gasteiger partial charge in [-0.25, -0.2) is 4.79 Å². The van der Waals surface area contributed by atoms with Gasteiger partial charge in [-0.1, -0.05) is 0 Å². The summed E-state index contributed by atoms with van der Waals surface area (Å²) in [6.45, 7) is 3.83. The van der Waals surface area contributed by atoms with Crippen molar-refractivity contribution >= 4 is 16.9 Å². The lowest BCUT2D eigenvalue weighted by Crippen LogP contribution is -2.04. The number of hydrogen-bond donors (Lipinski definition) is 1. The molecular weight excluding hydrogens is 208 g/mol. The lowest BCUT2D eigenvalue weighted by Gasteiger charge is -1.97. The molecule has 4 nitrogen and oxygen atoms in total. The van der Waals surface area contributed by atoms with Gasteiger partial charge < -0.3 is 14.3 Å². The minimum Gasteiger partial charge on any atom is -0.508 e. The van der Waals surface area contributed by atoms with Crippen molar-refractivity contribution in [3.05, 3.63) is 29.5 Å². The number of benzene rings is 1. The van der Waals surface area contributed by atoms with E-state index in [-0.39, 0.29) is 11.5 Å². The van der Waals surface area contributed by atoms with E-state index in [0.29, 0.717) is 12.2 Å². The number of hydrogen-bond acceptors (Lipinski definition) is 4. The highest BCUT2D eigenvalue weighted by molar-refractivity contribution is 5.96. The predicted octanol–water partition coefficient (Wildman–Crippen LogP) is 2.62. The third kappa shape index (κ3) is 1.62. The highest BCUT2D eigenvalue weighted by Crippen LogP contribution is 2.28. The van der Waals surface area contributed by atoms with Crippen LogP contribution in [-0.4, -0.2) is 17.7 Å². The number of esters is 1. The van der Waals surface area contributed by atoms with E-state index in [4.69, 9.17) is 9.15 Å². The van der Waals surface area contributed by atoms with E-state index >= 15 is 0 Å². The zero-order valence-corrected chi connectivity index (χ0v) is 9.11. The number of carbonyl (C=O) groups is 1. The highest BCUT2D eigenvalue weighted by atomic mass is 16.5. The molecule has 1 heterocycles. The zero-order chi connectivity index (χ0) is 11.7. The van der Waals surface area contributed by atoms with Gasteiger partial charge in [-0.15, -0.1) is 0 Å². The second-order valence-corrected chi connectivity index (χ2v) is 3.46. The smallest absolute Gasteiger partial charge is 0.374 e. The first-order valence-corrected chi connectivity index (χ1v) is 5.02. The summed E-state index contributed by atoms with van der Waals surface area (Å²) in [7, 11) is 0. The molecule has 2 rings (SSSR count). The largest absolute Gasteiger partial charge is 0.508 e. The maximum absolute atomic E-state index is 11.5. The molecule has 0 bridgehead atoms. The summed E-state index contributed by atoms with van der Waals surface area (Å²) in [5.41, 5.74) is 1.22. The first-order valence-electron chi connectivity index (χ1n) is 5.02. The quantitative estimate of drug-likeness (QED) is 0.790. The average Bonchev–Trinajstić information content (AvgIpc) is 2.56. The van der Waals surface area contributed by atoms with Crippen LogP contribution in [0, 0.1) is 6.92 Å². The topological polar surface area (TPSA) is 59.7 Å². The summed E-state index contributed by atoms with van der Waals surface area (Å²) in [4.78, 5) is 11.5. The molecule has 0 atom stereocenters. The molecule has 4 heteroatoms. The van der Waals surface area contributed by atoms with Crippen molar-refractivity contribution < 1.29 is 19.1 Å². The van der Waals surface area contributed by atoms with Crippen molar-refractivity contribution in [1.82, 2.24) is 0 Å². The molecule has 0 radical (unpaired) electrons. The SMILES string of the molecule is CCOC(=O)c1oc2cc(O)ccc2c1C. The van der Waals surface area contributed by atoms with Gasteiger partial charge in [0.1, 0.15) is 11.3 Å². The number of ether oxygens (including phenoxy) is 1. The molecule has 0 fully saturated rings. The summed E-state index contributed by atoms with van der Waals surface area (Å²) in [5, 5.41) is 10.1. The number of carbonyl (C=O) groups excluding carboxylic acids is 1. The van der Waals surface area contributed by atoms with Crippen molar-refractivity contribution in [1.29, 1.82) is 0 Å². The van der Waals surface area contributed by atoms with Crippen LogP contribution >= 0.6 is 0 Å². The molecule has 1 aromatic carbocycles. The van der Waals surface area contributed by atoms with Crippen LogP contribution in [0.15, 0.2) is 22.6 Å². The fourth-order valence-electron chi connectivity index (χ4n) is 1.61. The number of furan rings is 1. The number of rotatable bonds is 2. The summed E-state index contributed by atoms with van der Waals surface area (Å²) < 4.78 is 10.2. The lowest BCUT2D eigenvalue weighted by atomic mass is 10.1. The molecule has 0 unspecified atom stereocenters. The fourth-order valence-corrected chi connectivity index (χ4v) is 1.61. The van der Waals surface area contributed by atoms with Crippen LogP contribution in [0.3, 0.4) is 0 Å².